The molecule has 1 fully saturated rings. The van der Waals surface area contributed by atoms with Crippen molar-refractivity contribution in [3.63, 3.8) is 0 Å². The molecule has 0 unspecified atom stereocenters. The quantitative estimate of drug-likeness (QED) is 0.839. The standard InChI is InChI=1S/C14H21NO/c1-4-16-13-8-12(9-13)15-14-7-5-6-10(2)11(14)3/h5-7,12-13,15H,4,8-9H2,1-3H3. The van der Waals surface area contributed by atoms with Crippen LogP contribution in [0, 0.1) is 13.8 Å². The molecule has 1 aromatic carbocycles. The van der Waals surface area contributed by atoms with Crippen LogP contribution in [-0.2, 0) is 4.74 Å². The number of ether oxygens (including phenoxy) is 1. The Balaban J connectivity index is 1.89. The number of hydrogen-bond acceptors (Lipinski definition) is 2. The number of hydrogen-bond donors (Lipinski definition) is 1. The van der Waals surface area contributed by atoms with Gasteiger partial charge in [-0.1, -0.05) is 12.1 Å². The minimum absolute atomic E-state index is 0.479. The molecular formula is C14H21NO. The normalized spacial score (nSPS) is 23.9. The van der Waals surface area contributed by atoms with Crippen molar-refractivity contribution >= 4 is 5.69 Å². The first-order chi connectivity index (χ1) is 7.70. The van der Waals surface area contributed by atoms with Gasteiger partial charge in [-0.2, -0.15) is 0 Å². The molecule has 0 atom stereocenters. The van der Waals surface area contributed by atoms with E-state index in [2.05, 4.69) is 44.3 Å². The van der Waals surface area contributed by atoms with E-state index in [1.54, 1.807) is 0 Å². The Labute approximate surface area is 98.0 Å². The molecule has 0 radical (unpaired) electrons. The lowest BCUT2D eigenvalue weighted by Crippen LogP contribution is -2.40. The molecule has 2 heteroatoms. The summed E-state index contributed by atoms with van der Waals surface area (Å²) in [4.78, 5) is 0. The van der Waals surface area contributed by atoms with E-state index in [9.17, 15) is 0 Å². The predicted molar refractivity (Wildman–Crippen MR) is 68.0 cm³/mol. The van der Waals surface area contributed by atoms with Gasteiger partial charge in [0.05, 0.1) is 6.10 Å². The zero-order valence-electron chi connectivity index (χ0n) is 10.4. The zero-order chi connectivity index (χ0) is 11.5. The van der Waals surface area contributed by atoms with Crippen molar-refractivity contribution in [2.24, 2.45) is 0 Å². The number of rotatable bonds is 4. The summed E-state index contributed by atoms with van der Waals surface area (Å²) in [5.74, 6) is 0. The summed E-state index contributed by atoms with van der Waals surface area (Å²) in [7, 11) is 0. The van der Waals surface area contributed by atoms with E-state index < -0.39 is 0 Å². The molecule has 0 saturated heterocycles. The van der Waals surface area contributed by atoms with Crippen molar-refractivity contribution in [1.82, 2.24) is 0 Å². The first-order valence-corrected chi connectivity index (χ1v) is 6.15. The molecular weight excluding hydrogens is 198 g/mol. The highest BCUT2D eigenvalue weighted by Crippen LogP contribution is 2.28. The lowest BCUT2D eigenvalue weighted by atomic mass is 9.88. The van der Waals surface area contributed by atoms with Crippen molar-refractivity contribution in [2.45, 2.75) is 45.8 Å². The van der Waals surface area contributed by atoms with Gasteiger partial charge in [-0.05, 0) is 50.8 Å². The van der Waals surface area contributed by atoms with Crippen molar-refractivity contribution in [2.75, 3.05) is 11.9 Å². The smallest absolute Gasteiger partial charge is 0.0614 e. The monoisotopic (exact) mass is 219 g/mol. The van der Waals surface area contributed by atoms with E-state index in [4.69, 9.17) is 4.74 Å². The fourth-order valence-corrected chi connectivity index (χ4v) is 2.18. The fraction of sp³-hybridized carbons (Fsp3) is 0.571. The molecule has 1 N–H and O–H groups in total. The van der Waals surface area contributed by atoms with Gasteiger partial charge in [0.2, 0.25) is 0 Å². The Hall–Kier alpha value is -1.02. The number of aryl methyl sites for hydroxylation is 1. The second-order valence-corrected chi connectivity index (χ2v) is 4.64. The third-order valence-electron chi connectivity index (χ3n) is 3.46. The van der Waals surface area contributed by atoms with Crippen LogP contribution in [0.4, 0.5) is 5.69 Å². The molecule has 0 spiro atoms. The molecule has 1 aliphatic carbocycles. The Morgan fingerprint density at radius 3 is 2.75 bits per heavy atom. The molecule has 0 aliphatic heterocycles. The largest absolute Gasteiger partial charge is 0.382 e. The Bertz CT molecular complexity index is 356. The van der Waals surface area contributed by atoms with Crippen molar-refractivity contribution in [3.8, 4) is 0 Å². The van der Waals surface area contributed by atoms with E-state index in [1.807, 2.05) is 0 Å². The van der Waals surface area contributed by atoms with Crippen LogP contribution in [0.15, 0.2) is 18.2 Å². The average molecular weight is 219 g/mol. The second-order valence-electron chi connectivity index (χ2n) is 4.64. The molecule has 1 aromatic rings. The molecule has 1 saturated carbocycles. The zero-order valence-corrected chi connectivity index (χ0v) is 10.4. The summed E-state index contributed by atoms with van der Waals surface area (Å²) in [6.07, 6.45) is 2.76. The van der Waals surface area contributed by atoms with E-state index in [0.717, 1.165) is 19.4 Å². The average Bonchev–Trinajstić information content (AvgIpc) is 2.21. The maximum atomic E-state index is 5.56. The molecule has 2 nitrogen and oxygen atoms in total. The van der Waals surface area contributed by atoms with Crippen LogP contribution in [0.5, 0.6) is 0 Å². The van der Waals surface area contributed by atoms with Crippen LogP contribution in [0.1, 0.15) is 30.9 Å². The van der Waals surface area contributed by atoms with E-state index in [1.165, 1.54) is 16.8 Å². The maximum Gasteiger partial charge on any atom is 0.0614 e. The van der Waals surface area contributed by atoms with Crippen LogP contribution in [0.2, 0.25) is 0 Å². The highest BCUT2D eigenvalue weighted by molar-refractivity contribution is 5.54. The van der Waals surface area contributed by atoms with Gasteiger partial charge in [0.1, 0.15) is 0 Å². The lowest BCUT2D eigenvalue weighted by Gasteiger charge is -2.36. The number of nitrogens with one attached hydrogen (secondary N) is 1. The molecule has 0 amide bonds. The van der Waals surface area contributed by atoms with E-state index in [0.29, 0.717) is 12.1 Å². The minimum Gasteiger partial charge on any atom is -0.382 e. The molecule has 2 rings (SSSR count). The topological polar surface area (TPSA) is 21.3 Å². The Morgan fingerprint density at radius 2 is 2.06 bits per heavy atom. The molecule has 0 bridgehead atoms. The van der Waals surface area contributed by atoms with Gasteiger partial charge in [-0.3, -0.25) is 0 Å². The van der Waals surface area contributed by atoms with Gasteiger partial charge in [0.25, 0.3) is 0 Å². The van der Waals surface area contributed by atoms with Crippen LogP contribution in [-0.4, -0.2) is 18.8 Å². The van der Waals surface area contributed by atoms with Crippen molar-refractivity contribution in [1.29, 1.82) is 0 Å². The Morgan fingerprint density at radius 1 is 1.31 bits per heavy atom. The predicted octanol–water partition coefficient (Wildman–Crippen LogP) is 3.28. The molecule has 0 aromatic heterocycles. The number of benzene rings is 1. The van der Waals surface area contributed by atoms with Gasteiger partial charge in [-0.15, -0.1) is 0 Å². The summed E-state index contributed by atoms with van der Waals surface area (Å²) in [5, 5.41) is 3.60. The van der Waals surface area contributed by atoms with Crippen LogP contribution < -0.4 is 5.32 Å². The summed E-state index contributed by atoms with van der Waals surface area (Å²) in [6, 6.07) is 7.03. The third kappa shape index (κ3) is 2.38. The summed E-state index contributed by atoms with van der Waals surface area (Å²) in [5.41, 5.74) is 3.99. The number of anilines is 1. The van der Waals surface area contributed by atoms with Crippen LogP contribution in [0.3, 0.4) is 0 Å². The highest BCUT2D eigenvalue weighted by atomic mass is 16.5. The van der Waals surface area contributed by atoms with Crippen molar-refractivity contribution in [3.05, 3.63) is 29.3 Å². The Kier molecular flexibility index (Phi) is 3.49. The second kappa shape index (κ2) is 4.88. The molecule has 16 heavy (non-hydrogen) atoms. The van der Waals surface area contributed by atoms with Gasteiger partial charge in [0.15, 0.2) is 0 Å². The van der Waals surface area contributed by atoms with E-state index in [-0.39, 0.29) is 0 Å². The van der Waals surface area contributed by atoms with Crippen LogP contribution >= 0.6 is 0 Å². The van der Waals surface area contributed by atoms with Gasteiger partial charge >= 0.3 is 0 Å². The summed E-state index contributed by atoms with van der Waals surface area (Å²) < 4.78 is 5.56. The molecule has 88 valence electrons. The van der Waals surface area contributed by atoms with Gasteiger partial charge in [-0.25, -0.2) is 0 Å². The minimum atomic E-state index is 0.479. The lowest BCUT2D eigenvalue weighted by molar-refractivity contribution is 0.00298. The third-order valence-corrected chi connectivity index (χ3v) is 3.46. The van der Waals surface area contributed by atoms with Crippen molar-refractivity contribution < 1.29 is 4.74 Å². The van der Waals surface area contributed by atoms with Gasteiger partial charge in [0, 0.05) is 18.3 Å². The molecule has 1 aliphatic rings. The van der Waals surface area contributed by atoms with E-state index >= 15 is 0 Å². The highest BCUT2D eigenvalue weighted by Gasteiger charge is 2.29. The fourth-order valence-electron chi connectivity index (χ4n) is 2.18. The maximum absolute atomic E-state index is 5.56. The van der Waals surface area contributed by atoms with Crippen LogP contribution in [0.25, 0.3) is 0 Å². The van der Waals surface area contributed by atoms with Gasteiger partial charge < -0.3 is 10.1 Å². The first-order valence-electron chi connectivity index (χ1n) is 6.15. The molecule has 0 heterocycles. The summed E-state index contributed by atoms with van der Waals surface area (Å²) >= 11 is 0. The first kappa shape index (κ1) is 11.5. The summed E-state index contributed by atoms with van der Waals surface area (Å²) in [6.45, 7) is 7.23. The SMILES string of the molecule is CCOC1CC(Nc2cccc(C)c2C)C1.